The van der Waals surface area contributed by atoms with Gasteiger partial charge in [-0.3, -0.25) is 4.79 Å². The van der Waals surface area contributed by atoms with Crippen molar-refractivity contribution in [3.63, 3.8) is 0 Å². The van der Waals surface area contributed by atoms with Gasteiger partial charge >= 0.3 is 5.97 Å². The van der Waals surface area contributed by atoms with Gasteiger partial charge in [0.2, 0.25) is 0 Å². The van der Waals surface area contributed by atoms with E-state index in [2.05, 4.69) is 0 Å². The van der Waals surface area contributed by atoms with Crippen LogP contribution in [0, 0.1) is 5.92 Å². The maximum absolute atomic E-state index is 11.2. The summed E-state index contributed by atoms with van der Waals surface area (Å²) in [5.41, 5.74) is 0.738. The van der Waals surface area contributed by atoms with E-state index in [0.29, 0.717) is 5.75 Å². The number of rotatable bonds is 4. The number of benzene rings is 1. The SMILES string of the molecule is COc1ccccc1[C@@H](C(=O)O)C(C)C. The average molecular weight is 208 g/mol. The zero-order valence-electron chi connectivity index (χ0n) is 9.23. The lowest BCUT2D eigenvalue weighted by molar-refractivity contribution is -0.139. The molecule has 1 aromatic carbocycles. The summed E-state index contributed by atoms with van der Waals surface area (Å²) >= 11 is 0. The molecule has 0 unspecified atom stereocenters. The minimum Gasteiger partial charge on any atom is -0.496 e. The highest BCUT2D eigenvalue weighted by atomic mass is 16.5. The number of hydrogen-bond donors (Lipinski definition) is 1. The second-order valence-electron chi connectivity index (χ2n) is 3.80. The zero-order valence-corrected chi connectivity index (χ0v) is 9.23. The summed E-state index contributed by atoms with van der Waals surface area (Å²) in [5.74, 6) is -0.645. The van der Waals surface area contributed by atoms with Crippen LogP contribution >= 0.6 is 0 Å². The van der Waals surface area contributed by atoms with Crippen molar-refractivity contribution in [2.45, 2.75) is 19.8 Å². The van der Waals surface area contributed by atoms with Gasteiger partial charge in [-0.15, -0.1) is 0 Å². The smallest absolute Gasteiger partial charge is 0.311 e. The third kappa shape index (κ3) is 2.49. The normalized spacial score (nSPS) is 12.5. The van der Waals surface area contributed by atoms with Gasteiger partial charge in [-0.25, -0.2) is 0 Å². The highest BCUT2D eigenvalue weighted by Crippen LogP contribution is 2.31. The van der Waals surface area contributed by atoms with E-state index in [1.54, 1.807) is 19.2 Å². The molecule has 0 bridgehead atoms. The first-order valence-corrected chi connectivity index (χ1v) is 4.93. The third-order valence-electron chi connectivity index (χ3n) is 2.41. The van der Waals surface area contributed by atoms with Gasteiger partial charge in [0, 0.05) is 5.56 Å². The largest absolute Gasteiger partial charge is 0.496 e. The summed E-state index contributed by atoms with van der Waals surface area (Å²) in [6, 6.07) is 7.25. The lowest BCUT2D eigenvalue weighted by Gasteiger charge is -2.18. The molecule has 0 radical (unpaired) electrons. The molecule has 0 spiro atoms. The number of para-hydroxylation sites is 1. The van der Waals surface area contributed by atoms with Crippen molar-refractivity contribution in [1.82, 2.24) is 0 Å². The molecule has 1 atom stereocenters. The Morgan fingerprint density at radius 1 is 1.33 bits per heavy atom. The van der Waals surface area contributed by atoms with Gasteiger partial charge in [0.25, 0.3) is 0 Å². The molecule has 0 saturated heterocycles. The highest BCUT2D eigenvalue weighted by molar-refractivity contribution is 5.77. The van der Waals surface area contributed by atoms with Crippen molar-refractivity contribution < 1.29 is 14.6 Å². The fourth-order valence-electron chi connectivity index (χ4n) is 1.70. The van der Waals surface area contributed by atoms with Crippen molar-refractivity contribution in [1.29, 1.82) is 0 Å². The van der Waals surface area contributed by atoms with Crippen LogP contribution in [0.3, 0.4) is 0 Å². The van der Waals surface area contributed by atoms with Gasteiger partial charge in [0.15, 0.2) is 0 Å². The Morgan fingerprint density at radius 2 is 1.93 bits per heavy atom. The summed E-state index contributed by atoms with van der Waals surface area (Å²) in [5, 5.41) is 9.16. The summed E-state index contributed by atoms with van der Waals surface area (Å²) in [4.78, 5) is 11.2. The monoisotopic (exact) mass is 208 g/mol. The van der Waals surface area contributed by atoms with Crippen molar-refractivity contribution >= 4 is 5.97 Å². The van der Waals surface area contributed by atoms with Crippen LogP contribution in [0.1, 0.15) is 25.3 Å². The molecule has 1 N–H and O–H groups in total. The van der Waals surface area contributed by atoms with Crippen LogP contribution in [-0.4, -0.2) is 18.2 Å². The Kier molecular flexibility index (Phi) is 3.72. The minimum absolute atomic E-state index is 0.0406. The Balaban J connectivity index is 3.16. The fraction of sp³-hybridized carbons (Fsp3) is 0.417. The van der Waals surface area contributed by atoms with Crippen LogP contribution in [-0.2, 0) is 4.79 Å². The predicted octanol–water partition coefficient (Wildman–Crippen LogP) is 2.52. The molecule has 1 aromatic rings. The molecule has 0 aliphatic heterocycles. The molecule has 3 nitrogen and oxygen atoms in total. The molecule has 15 heavy (non-hydrogen) atoms. The number of aliphatic carboxylic acids is 1. The topological polar surface area (TPSA) is 46.5 Å². The van der Waals surface area contributed by atoms with E-state index in [-0.39, 0.29) is 5.92 Å². The van der Waals surface area contributed by atoms with Crippen LogP contribution in [0.5, 0.6) is 5.75 Å². The van der Waals surface area contributed by atoms with E-state index in [0.717, 1.165) is 5.56 Å². The molecule has 0 heterocycles. The maximum atomic E-state index is 11.2. The zero-order chi connectivity index (χ0) is 11.4. The van der Waals surface area contributed by atoms with Crippen molar-refractivity contribution in [2.24, 2.45) is 5.92 Å². The molecule has 1 rings (SSSR count). The van der Waals surface area contributed by atoms with Crippen molar-refractivity contribution in [3.8, 4) is 5.75 Å². The lowest BCUT2D eigenvalue weighted by atomic mass is 9.88. The summed E-state index contributed by atoms with van der Waals surface area (Å²) in [6.45, 7) is 3.79. The second-order valence-corrected chi connectivity index (χ2v) is 3.80. The Labute approximate surface area is 89.7 Å². The van der Waals surface area contributed by atoms with Gasteiger partial charge in [0.1, 0.15) is 5.75 Å². The van der Waals surface area contributed by atoms with Gasteiger partial charge in [0.05, 0.1) is 13.0 Å². The summed E-state index contributed by atoms with van der Waals surface area (Å²) < 4.78 is 5.16. The third-order valence-corrected chi connectivity index (χ3v) is 2.41. The van der Waals surface area contributed by atoms with Gasteiger partial charge in [-0.2, -0.15) is 0 Å². The quantitative estimate of drug-likeness (QED) is 0.827. The lowest BCUT2D eigenvalue weighted by Crippen LogP contribution is -2.18. The van der Waals surface area contributed by atoms with E-state index >= 15 is 0 Å². The molecule has 0 aliphatic rings. The van der Waals surface area contributed by atoms with E-state index in [9.17, 15) is 4.79 Å². The van der Waals surface area contributed by atoms with Crippen molar-refractivity contribution in [2.75, 3.05) is 7.11 Å². The van der Waals surface area contributed by atoms with Crippen molar-refractivity contribution in [3.05, 3.63) is 29.8 Å². The molecule has 3 heteroatoms. The first-order chi connectivity index (χ1) is 7.07. The molecule has 82 valence electrons. The number of carboxylic acids is 1. The van der Waals surface area contributed by atoms with E-state index in [1.165, 1.54) is 0 Å². The van der Waals surface area contributed by atoms with Gasteiger partial charge < -0.3 is 9.84 Å². The molecule has 0 saturated carbocycles. The van der Waals surface area contributed by atoms with Crippen LogP contribution in [0.2, 0.25) is 0 Å². The molecule has 0 aromatic heterocycles. The minimum atomic E-state index is -0.811. The number of methoxy groups -OCH3 is 1. The van der Waals surface area contributed by atoms with E-state index in [4.69, 9.17) is 9.84 Å². The number of carbonyl (C=O) groups is 1. The van der Waals surface area contributed by atoms with Crippen LogP contribution < -0.4 is 4.74 Å². The van der Waals surface area contributed by atoms with E-state index in [1.807, 2.05) is 26.0 Å². The fourth-order valence-corrected chi connectivity index (χ4v) is 1.70. The number of carboxylic acid groups (broad SMARTS) is 1. The maximum Gasteiger partial charge on any atom is 0.311 e. The highest BCUT2D eigenvalue weighted by Gasteiger charge is 2.26. The van der Waals surface area contributed by atoms with Gasteiger partial charge in [-0.05, 0) is 12.0 Å². The first kappa shape index (κ1) is 11.6. The Hall–Kier alpha value is -1.51. The summed E-state index contributed by atoms with van der Waals surface area (Å²) in [6.07, 6.45) is 0. The van der Waals surface area contributed by atoms with Crippen LogP contribution in [0.15, 0.2) is 24.3 Å². The molecular weight excluding hydrogens is 192 g/mol. The van der Waals surface area contributed by atoms with Crippen LogP contribution in [0.25, 0.3) is 0 Å². The Bertz CT molecular complexity index is 344. The second kappa shape index (κ2) is 4.82. The molecule has 0 fully saturated rings. The van der Waals surface area contributed by atoms with Gasteiger partial charge in [-0.1, -0.05) is 32.0 Å². The number of ether oxygens (including phenoxy) is 1. The number of hydrogen-bond acceptors (Lipinski definition) is 2. The predicted molar refractivity (Wildman–Crippen MR) is 58.2 cm³/mol. The molecule has 0 amide bonds. The standard InChI is InChI=1S/C12H16O3/c1-8(2)11(12(13)14)9-6-4-5-7-10(9)15-3/h4-8,11H,1-3H3,(H,13,14)/t11-/m0/s1. The van der Waals surface area contributed by atoms with Crippen LogP contribution in [0.4, 0.5) is 0 Å². The average Bonchev–Trinajstić information content (AvgIpc) is 2.17. The summed E-state index contributed by atoms with van der Waals surface area (Å²) in [7, 11) is 1.55. The molecule has 0 aliphatic carbocycles. The molecular formula is C12H16O3. The van der Waals surface area contributed by atoms with E-state index < -0.39 is 11.9 Å². The Morgan fingerprint density at radius 3 is 2.40 bits per heavy atom. The first-order valence-electron chi connectivity index (χ1n) is 4.93.